The van der Waals surface area contributed by atoms with Crippen LogP contribution in [-0.4, -0.2) is 6.29 Å². The van der Waals surface area contributed by atoms with Gasteiger partial charge in [0.05, 0.1) is 0 Å². The van der Waals surface area contributed by atoms with Crippen molar-refractivity contribution in [3.05, 3.63) is 64.9 Å². The summed E-state index contributed by atoms with van der Waals surface area (Å²) in [6, 6.07) is 13.7. The van der Waals surface area contributed by atoms with E-state index in [-0.39, 0.29) is 0 Å². The van der Waals surface area contributed by atoms with Crippen LogP contribution in [0.2, 0.25) is 0 Å². The number of carbonyl (C=O) groups excluding carboxylic acids is 1. The van der Waals surface area contributed by atoms with Gasteiger partial charge in [-0.25, -0.2) is 0 Å². The van der Waals surface area contributed by atoms with E-state index in [1.54, 1.807) is 17.4 Å². The first kappa shape index (κ1) is 11.4. The van der Waals surface area contributed by atoms with E-state index < -0.39 is 0 Å². The number of benzene rings is 1. The fraction of sp³-hybridized carbons (Fsp3) is 0. The van der Waals surface area contributed by atoms with Crippen LogP contribution in [0.1, 0.15) is 5.56 Å². The molecular weight excluding hydrogens is 204 g/mol. The molecule has 0 aliphatic heterocycles. The first-order chi connectivity index (χ1) is 7.43. The fourth-order valence-corrected chi connectivity index (χ4v) is 1.39. The number of hydrogen-bond acceptors (Lipinski definition) is 2. The van der Waals surface area contributed by atoms with Gasteiger partial charge >= 0.3 is 0 Å². The third kappa shape index (κ3) is 5.60. The number of hydrogen-bond donors (Lipinski definition) is 0. The molecule has 0 aliphatic carbocycles. The highest BCUT2D eigenvalue weighted by Crippen LogP contribution is 1.99. The molecule has 1 heterocycles. The van der Waals surface area contributed by atoms with E-state index in [0.29, 0.717) is 0 Å². The maximum absolute atomic E-state index is 9.89. The van der Waals surface area contributed by atoms with Crippen LogP contribution in [0.4, 0.5) is 0 Å². The minimum Gasteiger partial charge on any atom is -0.299 e. The minimum absolute atomic E-state index is 0.771. The monoisotopic (exact) mass is 216 g/mol. The zero-order chi connectivity index (χ0) is 10.8. The predicted octanol–water partition coefficient (Wildman–Crippen LogP) is 3.65. The van der Waals surface area contributed by atoms with E-state index in [1.165, 1.54) is 6.08 Å². The second-order valence-corrected chi connectivity index (χ2v) is 3.52. The second-order valence-electron chi connectivity index (χ2n) is 2.70. The number of rotatable bonds is 2. The SMILES string of the molecule is O=CC=Cc1ccccc1.c1ccsc1. The molecule has 0 aliphatic rings. The standard InChI is InChI=1S/C9H8O.C4H4S/c10-8-4-7-9-5-2-1-3-6-9;1-2-4-5-3-1/h1-8H;1-4H. The van der Waals surface area contributed by atoms with E-state index in [1.807, 2.05) is 53.2 Å². The number of aldehydes is 1. The van der Waals surface area contributed by atoms with Gasteiger partial charge in [-0.15, -0.1) is 0 Å². The van der Waals surface area contributed by atoms with Gasteiger partial charge in [0, 0.05) is 0 Å². The van der Waals surface area contributed by atoms with E-state index in [2.05, 4.69) is 0 Å². The molecule has 2 rings (SSSR count). The Hall–Kier alpha value is -1.67. The molecule has 0 fully saturated rings. The molecule has 1 aromatic heterocycles. The summed E-state index contributed by atoms with van der Waals surface area (Å²) in [7, 11) is 0. The lowest BCUT2D eigenvalue weighted by Crippen LogP contribution is -1.67. The fourth-order valence-electron chi connectivity index (χ4n) is 0.941. The largest absolute Gasteiger partial charge is 0.299 e. The highest BCUT2D eigenvalue weighted by molar-refractivity contribution is 7.07. The van der Waals surface area contributed by atoms with Crippen LogP contribution in [0, 0.1) is 0 Å². The summed E-state index contributed by atoms with van der Waals surface area (Å²) in [5, 5.41) is 4.08. The lowest BCUT2D eigenvalue weighted by molar-refractivity contribution is -0.104. The normalized spacial score (nSPS) is 9.33. The van der Waals surface area contributed by atoms with Crippen LogP contribution in [-0.2, 0) is 4.79 Å². The van der Waals surface area contributed by atoms with Crippen molar-refractivity contribution >= 4 is 23.7 Å². The van der Waals surface area contributed by atoms with Crippen LogP contribution < -0.4 is 0 Å². The molecule has 0 atom stereocenters. The van der Waals surface area contributed by atoms with Gasteiger partial charge in [-0.1, -0.05) is 48.5 Å². The minimum atomic E-state index is 0.771. The summed E-state index contributed by atoms with van der Waals surface area (Å²) in [5.41, 5.74) is 1.05. The molecule has 0 saturated heterocycles. The Kier molecular flexibility index (Phi) is 5.86. The molecular formula is C13H12OS. The first-order valence-corrected chi connectivity index (χ1v) is 5.52. The lowest BCUT2D eigenvalue weighted by atomic mass is 10.2. The Bertz CT molecular complexity index is 359. The second kappa shape index (κ2) is 7.71. The van der Waals surface area contributed by atoms with Gasteiger partial charge in [0.1, 0.15) is 6.29 Å². The molecule has 15 heavy (non-hydrogen) atoms. The van der Waals surface area contributed by atoms with Crippen molar-refractivity contribution in [2.45, 2.75) is 0 Å². The number of carbonyl (C=O) groups is 1. The third-order valence-electron chi connectivity index (χ3n) is 1.59. The van der Waals surface area contributed by atoms with Gasteiger partial charge in [0.2, 0.25) is 0 Å². The molecule has 2 aromatic rings. The smallest absolute Gasteiger partial charge is 0.142 e. The maximum atomic E-state index is 9.89. The highest BCUT2D eigenvalue weighted by Gasteiger charge is 1.79. The Labute approximate surface area is 93.7 Å². The number of thiophene rings is 1. The summed E-state index contributed by atoms with van der Waals surface area (Å²) in [5.74, 6) is 0. The lowest BCUT2D eigenvalue weighted by Gasteiger charge is -1.86. The third-order valence-corrected chi connectivity index (χ3v) is 2.22. The zero-order valence-electron chi connectivity index (χ0n) is 8.24. The molecule has 0 N–H and O–H groups in total. The van der Waals surface area contributed by atoms with Gasteiger partial charge < -0.3 is 0 Å². The summed E-state index contributed by atoms with van der Waals surface area (Å²) < 4.78 is 0. The van der Waals surface area contributed by atoms with Crippen LogP contribution in [0.3, 0.4) is 0 Å². The topological polar surface area (TPSA) is 17.1 Å². The van der Waals surface area contributed by atoms with Crippen molar-refractivity contribution in [2.75, 3.05) is 0 Å². The van der Waals surface area contributed by atoms with E-state index in [4.69, 9.17) is 0 Å². The number of allylic oxidation sites excluding steroid dienone is 1. The van der Waals surface area contributed by atoms with Crippen molar-refractivity contribution in [3.8, 4) is 0 Å². The molecule has 1 nitrogen and oxygen atoms in total. The van der Waals surface area contributed by atoms with Crippen LogP contribution in [0.5, 0.6) is 0 Å². The molecule has 0 spiro atoms. The first-order valence-electron chi connectivity index (χ1n) is 4.57. The summed E-state index contributed by atoms with van der Waals surface area (Å²) in [6.45, 7) is 0. The molecule has 0 amide bonds. The van der Waals surface area contributed by atoms with Crippen molar-refractivity contribution < 1.29 is 4.79 Å². The average molecular weight is 216 g/mol. The van der Waals surface area contributed by atoms with Crippen LogP contribution in [0.25, 0.3) is 6.08 Å². The average Bonchev–Trinajstić information content (AvgIpc) is 2.86. The Morgan fingerprint density at radius 2 is 1.60 bits per heavy atom. The van der Waals surface area contributed by atoms with E-state index in [0.717, 1.165) is 11.8 Å². The van der Waals surface area contributed by atoms with E-state index in [9.17, 15) is 4.79 Å². The van der Waals surface area contributed by atoms with Crippen LogP contribution in [0.15, 0.2) is 59.3 Å². The maximum Gasteiger partial charge on any atom is 0.142 e. The molecule has 0 unspecified atom stereocenters. The van der Waals surface area contributed by atoms with Gasteiger partial charge in [-0.3, -0.25) is 4.79 Å². The molecule has 0 bridgehead atoms. The van der Waals surface area contributed by atoms with Crippen molar-refractivity contribution in [3.63, 3.8) is 0 Å². The van der Waals surface area contributed by atoms with Gasteiger partial charge in [-0.2, -0.15) is 11.3 Å². The van der Waals surface area contributed by atoms with Gasteiger partial charge in [0.25, 0.3) is 0 Å². The predicted molar refractivity (Wildman–Crippen MR) is 65.9 cm³/mol. The molecule has 76 valence electrons. The summed E-state index contributed by atoms with van der Waals surface area (Å²) >= 11 is 1.71. The summed E-state index contributed by atoms with van der Waals surface area (Å²) in [6.07, 6.45) is 4.02. The summed E-state index contributed by atoms with van der Waals surface area (Å²) in [4.78, 5) is 9.89. The molecule has 0 saturated carbocycles. The molecule has 0 radical (unpaired) electrons. The Morgan fingerprint density at radius 3 is 2.07 bits per heavy atom. The van der Waals surface area contributed by atoms with E-state index >= 15 is 0 Å². The molecule has 2 heteroatoms. The van der Waals surface area contributed by atoms with Crippen molar-refractivity contribution in [2.24, 2.45) is 0 Å². The van der Waals surface area contributed by atoms with Crippen molar-refractivity contribution in [1.82, 2.24) is 0 Å². The molecule has 1 aromatic carbocycles. The Morgan fingerprint density at radius 1 is 0.933 bits per heavy atom. The Balaban J connectivity index is 0.000000187. The van der Waals surface area contributed by atoms with Crippen molar-refractivity contribution in [1.29, 1.82) is 0 Å². The van der Waals surface area contributed by atoms with Gasteiger partial charge in [-0.05, 0) is 22.4 Å². The van der Waals surface area contributed by atoms with Crippen LogP contribution >= 0.6 is 11.3 Å². The van der Waals surface area contributed by atoms with Gasteiger partial charge in [0.15, 0.2) is 0 Å². The quantitative estimate of drug-likeness (QED) is 0.553. The highest BCUT2D eigenvalue weighted by atomic mass is 32.1. The zero-order valence-corrected chi connectivity index (χ0v) is 9.06.